The minimum absolute atomic E-state index is 0.100. The van der Waals surface area contributed by atoms with Crippen molar-refractivity contribution in [2.24, 2.45) is 0 Å². The van der Waals surface area contributed by atoms with E-state index in [4.69, 9.17) is 4.42 Å². The molecule has 5 rings (SSSR count). The number of furan rings is 1. The fraction of sp³-hybridized carbons (Fsp3) is 0.333. The molecule has 1 aromatic carbocycles. The molecule has 1 aliphatic carbocycles. The molecule has 190 valence electrons. The molecule has 0 radical (unpaired) electrons. The Labute approximate surface area is 214 Å². The minimum atomic E-state index is -0.894. The van der Waals surface area contributed by atoms with Gasteiger partial charge in [-0.15, -0.1) is 10.2 Å². The minimum Gasteiger partial charge on any atom is -0.458 e. The zero-order valence-corrected chi connectivity index (χ0v) is 20.9. The van der Waals surface area contributed by atoms with Crippen molar-refractivity contribution in [1.82, 2.24) is 30.5 Å². The normalized spacial score (nSPS) is 14.4. The molecule has 10 heteroatoms. The average Bonchev–Trinajstić information content (AvgIpc) is 3.66. The molecule has 3 aromatic heterocycles. The molecule has 1 saturated carbocycles. The summed E-state index contributed by atoms with van der Waals surface area (Å²) in [6.07, 6.45) is 7.29. The number of pyridine rings is 1. The molecule has 1 fully saturated rings. The molecule has 0 saturated heterocycles. The van der Waals surface area contributed by atoms with Gasteiger partial charge in [-0.3, -0.25) is 19.5 Å². The highest BCUT2D eigenvalue weighted by molar-refractivity contribution is 6.01. The third kappa shape index (κ3) is 5.58. The van der Waals surface area contributed by atoms with Crippen molar-refractivity contribution >= 4 is 17.5 Å². The van der Waals surface area contributed by atoms with Gasteiger partial charge in [0.25, 0.3) is 5.91 Å². The molecule has 3 heterocycles. The van der Waals surface area contributed by atoms with Crippen LogP contribution in [0.5, 0.6) is 0 Å². The van der Waals surface area contributed by atoms with Crippen LogP contribution >= 0.6 is 0 Å². The molecule has 0 aliphatic heterocycles. The summed E-state index contributed by atoms with van der Waals surface area (Å²) in [5, 5.41) is 15.6. The van der Waals surface area contributed by atoms with Crippen LogP contribution in [-0.2, 0) is 16.1 Å². The van der Waals surface area contributed by atoms with Gasteiger partial charge in [0, 0.05) is 24.1 Å². The van der Waals surface area contributed by atoms with Crippen molar-refractivity contribution in [3.8, 4) is 11.6 Å². The standard InChI is InChI=1S/C27H29N7O3/c1-18-7-10-22(11-8-18)34(24(35)17-33-31-26(30-32-33)23-12-9-19(2)37-23)25(20-13-15-28-16-14-20)27(36)29-21-5-3-4-6-21/h7-16,21,25H,3-6,17H2,1-2H3,(H,29,36). The SMILES string of the molecule is Cc1ccc(N(C(=O)Cn2nnc(-c3ccc(C)o3)n2)C(C(=O)NC2CCCC2)c2ccncc2)cc1. The fourth-order valence-corrected chi connectivity index (χ4v) is 4.62. The second-order valence-electron chi connectivity index (χ2n) is 9.33. The third-order valence-corrected chi connectivity index (χ3v) is 6.50. The molecule has 37 heavy (non-hydrogen) atoms. The Bertz CT molecular complexity index is 1360. The van der Waals surface area contributed by atoms with Crippen molar-refractivity contribution < 1.29 is 14.0 Å². The lowest BCUT2D eigenvalue weighted by molar-refractivity contribution is -0.127. The third-order valence-electron chi connectivity index (χ3n) is 6.50. The van der Waals surface area contributed by atoms with Crippen LogP contribution in [0, 0.1) is 13.8 Å². The van der Waals surface area contributed by atoms with Gasteiger partial charge in [-0.05, 0) is 73.9 Å². The monoisotopic (exact) mass is 499 g/mol. The number of nitrogens with zero attached hydrogens (tertiary/aromatic N) is 6. The molecular formula is C27H29N7O3. The number of hydrogen-bond donors (Lipinski definition) is 1. The average molecular weight is 500 g/mol. The number of aryl methyl sites for hydroxylation is 2. The highest BCUT2D eigenvalue weighted by Crippen LogP contribution is 2.30. The van der Waals surface area contributed by atoms with Crippen molar-refractivity contribution in [2.75, 3.05) is 4.90 Å². The molecule has 4 aromatic rings. The first-order valence-corrected chi connectivity index (χ1v) is 12.4. The van der Waals surface area contributed by atoms with Crippen LogP contribution in [0.15, 0.2) is 65.3 Å². The molecule has 2 amide bonds. The van der Waals surface area contributed by atoms with Crippen LogP contribution in [0.3, 0.4) is 0 Å². The van der Waals surface area contributed by atoms with E-state index in [9.17, 15) is 9.59 Å². The zero-order chi connectivity index (χ0) is 25.8. The Kier molecular flexibility index (Phi) is 7.07. The Morgan fingerprint density at radius 1 is 1.05 bits per heavy atom. The van der Waals surface area contributed by atoms with Crippen molar-refractivity contribution in [3.05, 3.63) is 77.8 Å². The van der Waals surface area contributed by atoms with Crippen LogP contribution in [0.1, 0.15) is 48.6 Å². The quantitative estimate of drug-likeness (QED) is 0.392. The molecule has 1 N–H and O–H groups in total. The van der Waals surface area contributed by atoms with Gasteiger partial charge in [-0.2, -0.15) is 4.80 Å². The lowest BCUT2D eigenvalue weighted by Crippen LogP contribution is -2.47. The van der Waals surface area contributed by atoms with Crippen LogP contribution in [0.2, 0.25) is 0 Å². The van der Waals surface area contributed by atoms with E-state index in [0.29, 0.717) is 17.0 Å². The molecule has 1 aliphatic rings. The summed E-state index contributed by atoms with van der Waals surface area (Å²) in [5.41, 5.74) is 2.31. The van der Waals surface area contributed by atoms with Gasteiger partial charge >= 0.3 is 0 Å². The highest BCUT2D eigenvalue weighted by atomic mass is 16.3. The van der Waals surface area contributed by atoms with Gasteiger partial charge in [0.05, 0.1) is 0 Å². The number of aromatic nitrogens is 5. The maximum absolute atomic E-state index is 13.9. The smallest absolute Gasteiger partial charge is 0.251 e. The first-order chi connectivity index (χ1) is 18.0. The topological polar surface area (TPSA) is 119 Å². The number of carbonyl (C=O) groups excluding carboxylic acids is 2. The molecular weight excluding hydrogens is 470 g/mol. The Hall–Kier alpha value is -4.34. The largest absolute Gasteiger partial charge is 0.458 e. The van der Waals surface area contributed by atoms with Gasteiger partial charge in [0.2, 0.25) is 11.7 Å². The summed E-state index contributed by atoms with van der Waals surface area (Å²) < 4.78 is 5.57. The molecule has 10 nitrogen and oxygen atoms in total. The van der Waals surface area contributed by atoms with E-state index in [-0.39, 0.29) is 30.2 Å². The number of anilines is 1. The number of tetrazole rings is 1. The van der Waals surface area contributed by atoms with Gasteiger partial charge in [0.15, 0.2) is 5.76 Å². The van der Waals surface area contributed by atoms with Gasteiger partial charge in [-0.1, -0.05) is 30.5 Å². The van der Waals surface area contributed by atoms with Crippen molar-refractivity contribution in [1.29, 1.82) is 0 Å². The number of carbonyl (C=O) groups is 2. The lowest BCUT2D eigenvalue weighted by Gasteiger charge is -2.32. The summed E-state index contributed by atoms with van der Waals surface area (Å²) >= 11 is 0. The van der Waals surface area contributed by atoms with Crippen LogP contribution < -0.4 is 10.2 Å². The number of amides is 2. The van der Waals surface area contributed by atoms with Crippen LogP contribution in [0.25, 0.3) is 11.6 Å². The number of nitrogens with one attached hydrogen (secondary N) is 1. The number of hydrogen-bond acceptors (Lipinski definition) is 7. The highest BCUT2D eigenvalue weighted by Gasteiger charge is 2.34. The second kappa shape index (κ2) is 10.7. The maximum atomic E-state index is 13.9. The van der Waals surface area contributed by atoms with E-state index in [1.807, 2.05) is 44.2 Å². The first-order valence-electron chi connectivity index (χ1n) is 12.4. The Morgan fingerprint density at radius 3 is 2.46 bits per heavy atom. The summed E-state index contributed by atoms with van der Waals surface area (Å²) in [7, 11) is 0. The van der Waals surface area contributed by atoms with E-state index in [0.717, 1.165) is 37.0 Å². The van der Waals surface area contributed by atoms with Gasteiger partial charge in [-0.25, -0.2) is 0 Å². The van der Waals surface area contributed by atoms with E-state index in [2.05, 4.69) is 25.7 Å². The fourth-order valence-electron chi connectivity index (χ4n) is 4.62. The van der Waals surface area contributed by atoms with E-state index >= 15 is 0 Å². The van der Waals surface area contributed by atoms with Gasteiger partial charge < -0.3 is 9.73 Å². The molecule has 1 atom stereocenters. The van der Waals surface area contributed by atoms with E-state index in [1.165, 1.54) is 9.70 Å². The van der Waals surface area contributed by atoms with Gasteiger partial charge in [0.1, 0.15) is 18.3 Å². The number of benzene rings is 1. The summed E-state index contributed by atoms with van der Waals surface area (Å²) in [6, 6.07) is 13.8. The Balaban J connectivity index is 1.49. The van der Waals surface area contributed by atoms with Crippen molar-refractivity contribution in [3.63, 3.8) is 0 Å². The second-order valence-corrected chi connectivity index (χ2v) is 9.33. The summed E-state index contributed by atoms with van der Waals surface area (Å²) in [4.78, 5) is 34.5. The molecule has 1 unspecified atom stereocenters. The first kappa shape index (κ1) is 24.4. The molecule has 0 bridgehead atoms. The molecule has 0 spiro atoms. The summed E-state index contributed by atoms with van der Waals surface area (Å²) in [6.45, 7) is 3.59. The lowest BCUT2D eigenvalue weighted by atomic mass is 10.0. The van der Waals surface area contributed by atoms with Crippen LogP contribution in [0.4, 0.5) is 5.69 Å². The van der Waals surface area contributed by atoms with Crippen molar-refractivity contribution in [2.45, 2.75) is 58.2 Å². The van der Waals surface area contributed by atoms with E-state index < -0.39 is 6.04 Å². The predicted molar refractivity (Wildman–Crippen MR) is 136 cm³/mol. The summed E-state index contributed by atoms with van der Waals surface area (Å²) in [5.74, 6) is 0.892. The number of rotatable bonds is 8. The zero-order valence-electron chi connectivity index (χ0n) is 20.9. The van der Waals surface area contributed by atoms with Crippen LogP contribution in [-0.4, -0.2) is 43.0 Å². The van der Waals surface area contributed by atoms with E-state index in [1.54, 1.807) is 30.6 Å². The predicted octanol–water partition coefficient (Wildman–Crippen LogP) is 3.78. The maximum Gasteiger partial charge on any atom is 0.251 e. The Morgan fingerprint density at radius 2 is 1.78 bits per heavy atom.